The van der Waals surface area contributed by atoms with Crippen molar-refractivity contribution in [1.82, 2.24) is 4.57 Å². The zero-order valence-corrected chi connectivity index (χ0v) is 19.3. The minimum atomic E-state index is -0.614. The van der Waals surface area contributed by atoms with Crippen LogP contribution in [0.25, 0.3) is 10.1 Å². The summed E-state index contributed by atoms with van der Waals surface area (Å²) in [6.45, 7) is 3.68. The van der Waals surface area contributed by atoms with Gasteiger partial charge in [0.25, 0.3) is 5.56 Å². The molecule has 0 amide bonds. The van der Waals surface area contributed by atoms with Gasteiger partial charge in [-0.2, -0.15) is 5.26 Å². The maximum atomic E-state index is 13.4. The van der Waals surface area contributed by atoms with Crippen LogP contribution in [0.2, 0.25) is 15.1 Å². The maximum Gasteiger partial charge on any atom is 0.271 e. The molecule has 0 spiro atoms. The number of carbonyl (C=O) groups excluding carboxylic acids is 1. The van der Waals surface area contributed by atoms with Crippen LogP contribution in [0.3, 0.4) is 0 Å². The minimum absolute atomic E-state index is 0.113. The van der Waals surface area contributed by atoms with Crippen LogP contribution in [0, 0.1) is 18.3 Å². The predicted octanol–water partition coefficient (Wildman–Crippen LogP) is 6.33. The molecular weight excluding hydrogens is 467 g/mol. The topological polar surface area (TPSA) is 83.1 Å². The quantitative estimate of drug-likeness (QED) is 0.328. The average molecular weight is 484 g/mol. The normalized spacial score (nSPS) is 11.1. The molecule has 0 unspecified atom stereocenters. The number of aromatic nitrogens is 1. The number of nitriles is 1. The molecule has 5 nitrogen and oxygen atoms in total. The Morgan fingerprint density at radius 2 is 1.97 bits per heavy atom. The standard InChI is InChI=1S/C21H17Cl3N2O3S/c1-3-4-5-6-26-20(28)12(9-25)10(2)15(21(26)29)18(27)19-17(24)16-13(23)7-11(22)8-14(16)30-19/h7-8,29H,3-6H2,1-2H3. The molecule has 0 atom stereocenters. The van der Waals surface area contributed by atoms with E-state index in [0.29, 0.717) is 26.6 Å². The van der Waals surface area contributed by atoms with Crippen LogP contribution in [0.1, 0.15) is 52.5 Å². The van der Waals surface area contributed by atoms with Gasteiger partial charge in [0.15, 0.2) is 0 Å². The van der Waals surface area contributed by atoms with E-state index >= 15 is 0 Å². The number of aromatic hydroxyl groups is 1. The number of rotatable bonds is 6. The van der Waals surface area contributed by atoms with Crippen molar-refractivity contribution in [3.63, 3.8) is 0 Å². The first-order chi connectivity index (χ1) is 14.2. The number of halogens is 3. The SMILES string of the molecule is CCCCCn1c(O)c(C(=O)c2sc3cc(Cl)cc(Cl)c3c2Cl)c(C)c(C#N)c1=O. The van der Waals surface area contributed by atoms with Gasteiger partial charge in [0.05, 0.1) is 20.5 Å². The third kappa shape index (κ3) is 3.83. The summed E-state index contributed by atoms with van der Waals surface area (Å²) in [5, 5.41) is 21.6. The van der Waals surface area contributed by atoms with Gasteiger partial charge in [-0.1, -0.05) is 54.6 Å². The number of ketones is 1. The van der Waals surface area contributed by atoms with Crippen molar-refractivity contribution in [1.29, 1.82) is 5.26 Å². The van der Waals surface area contributed by atoms with Crippen LogP contribution < -0.4 is 5.56 Å². The monoisotopic (exact) mass is 482 g/mol. The van der Waals surface area contributed by atoms with Crippen molar-refractivity contribution < 1.29 is 9.90 Å². The molecule has 2 aromatic heterocycles. The Bertz CT molecular complexity index is 1270. The Balaban J connectivity index is 2.24. The summed E-state index contributed by atoms with van der Waals surface area (Å²) in [6.07, 6.45) is 2.38. The lowest BCUT2D eigenvalue weighted by Gasteiger charge is -2.15. The number of nitrogens with zero attached hydrogens (tertiary/aromatic N) is 2. The Labute approximate surface area is 192 Å². The lowest BCUT2D eigenvalue weighted by atomic mass is 10.0. The number of pyridine rings is 1. The lowest BCUT2D eigenvalue weighted by Crippen LogP contribution is -2.26. The predicted molar refractivity (Wildman–Crippen MR) is 122 cm³/mol. The van der Waals surface area contributed by atoms with E-state index in [1.807, 2.05) is 13.0 Å². The summed E-state index contributed by atoms with van der Waals surface area (Å²) in [7, 11) is 0. The highest BCUT2D eigenvalue weighted by Crippen LogP contribution is 2.43. The van der Waals surface area contributed by atoms with Gasteiger partial charge < -0.3 is 5.11 Å². The second-order valence-corrected chi connectivity index (χ2v) is 9.08. The highest BCUT2D eigenvalue weighted by atomic mass is 35.5. The first kappa shape index (κ1) is 22.6. The van der Waals surface area contributed by atoms with E-state index in [4.69, 9.17) is 34.8 Å². The zero-order valence-electron chi connectivity index (χ0n) is 16.2. The van der Waals surface area contributed by atoms with E-state index in [1.54, 1.807) is 6.07 Å². The second-order valence-electron chi connectivity index (χ2n) is 6.81. The molecule has 0 aliphatic carbocycles. The molecule has 1 aromatic carbocycles. The Morgan fingerprint density at radius 3 is 2.60 bits per heavy atom. The van der Waals surface area contributed by atoms with Gasteiger partial charge in [0.1, 0.15) is 11.6 Å². The van der Waals surface area contributed by atoms with Crippen LogP contribution in [-0.2, 0) is 6.54 Å². The zero-order chi connectivity index (χ0) is 22.2. The summed E-state index contributed by atoms with van der Waals surface area (Å²) in [5.74, 6) is -1.04. The molecule has 30 heavy (non-hydrogen) atoms. The van der Waals surface area contributed by atoms with Crippen molar-refractivity contribution >= 4 is 62.0 Å². The fourth-order valence-corrected chi connectivity index (χ4v) is 5.65. The smallest absolute Gasteiger partial charge is 0.271 e. The second kappa shape index (κ2) is 8.99. The molecule has 3 aromatic rings. The summed E-state index contributed by atoms with van der Waals surface area (Å²) < 4.78 is 1.70. The summed E-state index contributed by atoms with van der Waals surface area (Å²) in [5.41, 5.74) is -0.781. The van der Waals surface area contributed by atoms with Crippen LogP contribution in [-0.4, -0.2) is 15.5 Å². The largest absolute Gasteiger partial charge is 0.494 e. The molecule has 0 bridgehead atoms. The number of hydrogen-bond donors (Lipinski definition) is 1. The Morgan fingerprint density at radius 1 is 1.27 bits per heavy atom. The van der Waals surface area contributed by atoms with E-state index in [0.717, 1.165) is 28.7 Å². The van der Waals surface area contributed by atoms with Gasteiger partial charge in [0, 0.05) is 21.7 Å². The van der Waals surface area contributed by atoms with Crippen LogP contribution in [0.4, 0.5) is 0 Å². The molecule has 0 aliphatic rings. The van der Waals surface area contributed by atoms with Gasteiger partial charge in [-0.3, -0.25) is 14.2 Å². The first-order valence-electron chi connectivity index (χ1n) is 9.21. The Kier molecular flexibility index (Phi) is 6.78. The molecule has 0 radical (unpaired) electrons. The van der Waals surface area contributed by atoms with E-state index in [1.165, 1.54) is 13.0 Å². The number of benzene rings is 1. The fraction of sp³-hybridized carbons (Fsp3) is 0.286. The number of carbonyl (C=O) groups is 1. The molecule has 9 heteroatoms. The third-order valence-corrected chi connectivity index (χ3v) is 7.01. The van der Waals surface area contributed by atoms with E-state index in [-0.39, 0.29) is 33.1 Å². The molecule has 156 valence electrons. The summed E-state index contributed by atoms with van der Waals surface area (Å²) in [6, 6.07) is 5.04. The van der Waals surface area contributed by atoms with E-state index in [9.17, 15) is 20.0 Å². The van der Waals surface area contributed by atoms with Crippen molar-refractivity contribution in [3.05, 3.63) is 59.1 Å². The third-order valence-electron chi connectivity index (χ3n) is 4.87. The maximum absolute atomic E-state index is 13.4. The average Bonchev–Trinajstić information content (AvgIpc) is 3.01. The van der Waals surface area contributed by atoms with Crippen molar-refractivity contribution in [2.45, 2.75) is 39.7 Å². The number of hydrogen-bond acceptors (Lipinski definition) is 5. The molecule has 3 rings (SSSR count). The molecule has 1 N–H and O–H groups in total. The van der Waals surface area contributed by atoms with Gasteiger partial charge in [-0.25, -0.2) is 0 Å². The molecule has 0 saturated heterocycles. The Hall–Kier alpha value is -2.04. The summed E-state index contributed by atoms with van der Waals surface area (Å²) >= 11 is 19.8. The van der Waals surface area contributed by atoms with Gasteiger partial charge in [-0.15, -0.1) is 11.3 Å². The fourth-order valence-electron chi connectivity index (χ4n) is 3.32. The molecule has 2 heterocycles. The van der Waals surface area contributed by atoms with Crippen molar-refractivity contribution in [2.75, 3.05) is 0 Å². The van der Waals surface area contributed by atoms with Crippen LogP contribution >= 0.6 is 46.1 Å². The first-order valence-corrected chi connectivity index (χ1v) is 11.2. The van der Waals surface area contributed by atoms with Gasteiger partial charge in [-0.05, 0) is 31.0 Å². The molecule has 0 aliphatic heterocycles. The van der Waals surface area contributed by atoms with Crippen LogP contribution in [0.5, 0.6) is 5.88 Å². The lowest BCUT2D eigenvalue weighted by molar-refractivity contribution is 0.103. The van der Waals surface area contributed by atoms with Gasteiger partial charge >= 0.3 is 0 Å². The van der Waals surface area contributed by atoms with Crippen LogP contribution in [0.15, 0.2) is 16.9 Å². The highest BCUT2D eigenvalue weighted by molar-refractivity contribution is 7.22. The van der Waals surface area contributed by atoms with E-state index in [2.05, 4.69) is 0 Å². The van der Waals surface area contributed by atoms with Crippen molar-refractivity contribution in [2.24, 2.45) is 0 Å². The van der Waals surface area contributed by atoms with E-state index < -0.39 is 17.2 Å². The van der Waals surface area contributed by atoms with Gasteiger partial charge in [0.2, 0.25) is 11.7 Å². The van der Waals surface area contributed by atoms with Crippen molar-refractivity contribution in [3.8, 4) is 11.9 Å². The molecule has 0 saturated carbocycles. The molecule has 0 fully saturated rings. The minimum Gasteiger partial charge on any atom is -0.494 e. The number of fused-ring (bicyclic) bond motifs is 1. The summed E-state index contributed by atoms with van der Waals surface area (Å²) in [4.78, 5) is 26.2. The highest BCUT2D eigenvalue weighted by Gasteiger charge is 2.28. The molecular formula is C21H17Cl3N2O3S. The number of thiophene rings is 1. The number of unbranched alkanes of at least 4 members (excludes halogenated alkanes) is 2.